The van der Waals surface area contributed by atoms with Crippen LogP contribution in [0.25, 0.3) is 0 Å². The fourth-order valence-electron chi connectivity index (χ4n) is 2.74. The number of ether oxygens (including phenoxy) is 1. The molecule has 0 aromatic heterocycles. The van der Waals surface area contributed by atoms with Gasteiger partial charge in [-0.15, -0.1) is 11.8 Å². The van der Waals surface area contributed by atoms with Crippen molar-refractivity contribution in [2.45, 2.75) is 11.8 Å². The number of hydrogen-bond donors (Lipinski definition) is 3. The minimum atomic E-state index is -0.0407. The molecule has 0 radical (unpaired) electrons. The second-order valence-corrected chi connectivity index (χ2v) is 7.92. The fraction of sp³-hybridized carbons (Fsp3) is 0.130. The third-order valence-electron chi connectivity index (χ3n) is 4.24. The second-order valence-electron chi connectivity index (χ2n) is 6.46. The molecule has 0 fully saturated rings. The molecule has 0 atom stereocenters. The third-order valence-corrected chi connectivity index (χ3v) is 5.43. The highest BCUT2D eigenvalue weighted by Gasteiger charge is 2.07. The number of thioether (sulfide) groups is 1. The Balaban J connectivity index is 1.54. The average Bonchev–Trinajstić information content (AvgIpc) is 2.74. The second kappa shape index (κ2) is 10.7. The van der Waals surface area contributed by atoms with E-state index in [2.05, 4.69) is 16.0 Å². The van der Waals surface area contributed by atoms with Crippen LogP contribution in [-0.2, 0) is 4.79 Å². The van der Waals surface area contributed by atoms with Gasteiger partial charge in [0.05, 0.1) is 18.6 Å². The molecule has 154 valence electrons. The van der Waals surface area contributed by atoms with E-state index in [1.807, 2.05) is 79.7 Å². The van der Waals surface area contributed by atoms with Gasteiger partial charge in [0, 0.05) is 16.3 Å². The number of carbonyl (C=O) groups is 1. The van der Waals surface area contributed by atoms with Crippen LogP contribution in [0.4, 0.5) is 17.1 Å². The average molecular weight is 438 g/mol. The van der Waals surface area contributed by atoms with Gasteiger partial charge in [0.15, 0.2) is 5.11 Å². The Bertz CT molecular complexity index is 1040. The van der Waals surface area contributed by atoms with Crippen LogP contribution in [-0.4, -0.2) is 23.9 Å². The predicted molar refractivity (Wildman–Crippen MR) is 130 cm³/mol. The molecular weight excluding hydrogens is 414 g/mol. The number of methoxy groups -OCH3 is 1. The van der Waals surface area contributed by atoms with Gasteiger partial charge in [0.1, 0.15) is 5.75 Å². The molecule has 0 bridgehead atoms. The van der Waals surface area contributed by atoms with E-state index in [1.54, 1.807) is 7.11 Å². The molecule has 5 nitrogen and oxygen atoms in total. The van der Waals surface area contributed by atoms with E-state index in [0.717, 1.165) is 27.5 Å². The number of aryl methyl sites for hydroxylation is 1. The zero-order valence-electron chi connectivity index (χ0n) is 16.8. The Labute approximate surface area is 186 Å². The molecular formula is C23H23N3O2S2. The van der Waals surface area contributed by atoms with Gasteiger partial charge in [0.25, 0.3) is 0 Å². The smallest absolute Gasteiger partial charge is 0.234 e. The highest BCUT2D eigenvalue weighted by Crippen LogP contribution is 2.25. The third kappa shape index (κ3) is 6.23. The molecule has 3 aromatic carbocycles. The molecule has 1 amide bonds. The summed E-state index contributed by atoms with van der Waals surface area (Å²) in [7, 11) is 1.62. The first kappa shape index (κ1) is 21.7. The zero-order valence-corrected chi connectivity index (χ0v) is 18.4. The summed E-state index contributed by atoms with van der Waals surface area (Å²) in [4.78, 5) is 13.2. The van der Waals surface area contributed by atoms with Crippen LogP contribution >= 0.6 is 24.0 Å². The number of nitrogens with one attached hydrogen (secondary N) is 3. The maximum Gasteiger partial charge on any atom is 0.234 e. The Morgan fingerprint density at radius 2 is 1.67 bits per heavy atom. The molecule has 0 saturated carbocycles. The summed E-state index contributed by atoms with van der Waals surface area (Å²) in [5.74, 6) is 0.994. The van der Waals surface area contributed by atoms with Crippen LogP contribution in [0.3, 0.4) is 0 Å². The molecule has 0 unspecified atom stereocenters. The first-order valence-electron chi connectivity index (χ1n) is 9.34. The Hall–Kier alpha value is -3.03. The summed E-state index contributed by atoms with van der Waals surface area (Å²) in [6.07, 6.45) is 0. The molecule has 3 N–H and O–H groups in total. The minimum absolute atomic E-state index is 0.0407. The van der Waals surface area contributed by atoms with E-state index < -0.39 is 0 Å². The number of carbonyl (C=O) groups excluding carboxylic acids is 1. The van der Waals surface area contributed by atoms with Crippen LogP contribution in [0.5, 0.6) is 5.75 Å². The van der Waals surface area contributed by atoms with E-state index in [4.69, 9.17) is 17.0 Å². The van der Waals surface area contributed by atoms with E-state index >= 15 is 0 Å². The summed E-state index contributed by atoms with van der Waals surface area (Å²) in [5, 5.41) is 9.71. The lowest BCUT2D eigenvalue weighted by Gasteiger charge is -2.14. The number of benzene rings is 3. The van der Waals surface area contributed by atoms with Crippen molar-refractivity contribution in [3.63, 3.8) is 0 Å². The van der Waals surface area contributed by atoms with Crippen LogP contribution in [0.2, 0.25) is 0 Å². The van der Waals surface area contributed by atoms with Crippen molar-refractivity contribution in [3.8, 4) is 5.75 Å². The van der Waals surface area contributed by atoms with E-state index in [-0.39, 0.29) is 5.91 Å². The lowest BCUT2D eigenvalue weighted by Crippen LogP contribution is -2.19. The van der Waals surface area contributed by atoms with Gasteiger partial charge in [-0.3, -0.25) is 4.79 Å². The monoisotopic (exact) mass is 437 g/mol. The summed E-state index contributed by atoms with van der Waals surface area (Å²) in [6, 6.07) is 23.1. The predicted octanol–water partition coefficient (Wildman–Crippen LogP) is 5.54. The van der Waals surface area contributed by atoms with Crippen LogP contribution < -0.4 is 20.7 Å². The lowest BCUT2D eigenvalue weighted by atomic mass is 10.2. The molecule has 0 aliphatic rings. The molecule has 30 heavy (non-hydrogen) atoms. The topological polar surface area (TPSA) is 62.4 Å². The van der Waals surface area contributed by atoms with Crippen molar-refractivity contribution in [2.75, 3.05) is 28.8 Å². The van der Waals surface area contributed by atoms with Crippen LogP contribution in [0, 0.1) is 6.92 Å². The number of thiocarbonyl (C=S) groups is 1. The first-order valence-corrected chi connectivity index (χ1v) is 10.7. The quantitative estimate of drug-likeness (QED) is 0.333. The number of hydrogen-bond acceptors (Lipinski definition) is 4. The zero-order chi connectivity index (χ0) is 21.3. The highest BCUT2D eigenvalue weighted by atomic mass is 32.2. The lowest BCUT2D eigenvalue weighted by molar-refractivity contribution is -0.113. The standard InChI is InChI=1S/C23H23N3O2S2/c1-16-8-3-4-11-19(16)25-22(27)15-30-18-10-7-9-17(14-18)24-23(29)26-20-12-5-6-13-21(20)28-2/h3-14H,15H2,1-2H3,(H,25,27)(H2,24,26,29). The van der Waals surface area contributed by atoms with Crippen LogP contribution in [0.15, 0.2) is 77.7 Å². The number of amides is 1. The van der Waals surface area contributed by atoms with Gasteiger partial charge in [-0.05, 0) is 61.1 Å². The number of para-hydroxylation sites is 3. The van der Waals surface area contributed by atoms with Crippen molar-refractivity contribution in [1.82, 2.24) is 0 Å². The molecule has 3 aromatic rings. The van der Waals surface area contributed by atoms with Gasteiger partial charge in [0.2, 0.25) is 5.91 Å². The summed E-state index contributed by atoms with van der Waals surface area (Å²) in [6.45, 7) is 1.97. The van der Waals surface area contributed by atoms with Crippen molar-refractivity contribution < 1.29 is 9.53 Å². The van der Waals surface area contributed by atoms with Gasteiger partial charge in [-0.25, -0.2) is 0 Å². The number of anilines is 3. The van der Waals surface area contributed by atoms with E-state index in [9.17, 15) is 4.79 Å². The van der Waals surface area contributed by atoms with Crippen molar-refractivity contribution >= 4 is 52.1 Å². The van der Waals surface area contributed by atoms with E-state index in [1.165, 1.54) is 11.8 Å². The van der Waals surface area contributed by atoms with Gasteiger partial charge >= 0.3 is 0 Å². The molecule has 0 heterocycles. The van der Waals surface area contributed by atoms with Gasteiger partial charge < -0.3 is 20.7 Å². The fourth-order valence-corrected chi connectivity index (χ4v) is 3.73. The van der Waals surface area contributed by atoms with Gasteiger partial charge in [-0.2, -0.15) is 0 Å². The maximum atomic E-state index is 12.3. The first-order chi connectivity index (χ1) is 14.5. The molecule has 0 aliphatic heterocycles. The van der Waals surface area contributed by atoms with Crippen molar-refractivity contribution in [1.29, 1.82) is 0 Å². The van der Waals surface area contributed by atoms with Crippen LogP contribution in [0.1, 0.15) is 5.56 Å². The Kier molecular flexibility index (Phi) is 7.70. The molecule has 0 saturated heterocycles. The molecule has 3 rings (SSSR count). The van der Waals surface area contributed by atoms with Crippen molar-refractivity contribution in [3.05, 3.63) is 78.4 Å². The largest absolute Gasteiger partial charge is 0.495 e. The number of rotatable bonds is 7. The summed E-state index contributed by atoms with van der Waals surface area (Å²) in [5.41, 5.74) is 3.51. The maximum absolute atomic E-state index is 12.3. The molecule has 7 heteroatoms. The summed E-state index contributed by atoms with van der Waals surface area (Å²) >= 11 is 6.88. The van der Waals surface area contributed by atoms with Crippen molar-refractivity contribution in [2.24, 2.45) is 0 Å². The van der Waals surface area contributed by atoms with Gasteiger partial charge in [-0.1, -0.05) is 36.4 Å². The SMILES string of the molecule is COc1ccccc1NC(=S)Nc1cccc(SCC(=O)Nc2ccccc2C)c1. The summed E-state index contributed by atoms with van der Waals surface area (Å²) < 4.78 is 5.33. The minimum Gasteiger partial charge on any atom is -0.495 e. The molecule has 0 aliphatic carbocycles. The highest BCUT2D eigenvalue weighted by molar-refractivity contribution is 8.00. The van der Waals surface area contributed by atoms with E-state index in [0.29, 0.717) is 16.6 Å². The normalized spacial score (nSPS) is 10.2. The Morgan fingerprint density at radius 1 is 0.933 bits per heavy atom. The molecule has 0 spiro atoms. The Morgan fingerprint density at radius 3 is 2.43 bits per heavy atom.